The van der Waals surface area contributed by atoms with E-state index in [0.717, 1.165) is 22.7 Å². The largest absolute Gasteiger partial charge is 0.362 e. The van der Waals surface area contributed by atoms with Crippen molar-refractivity contribution in [1.82, 2.24) is 10.3 Å². The first-order valence-electron chi connectivity index (χ1n) is 6.78. The van der Waals surface area contributed by atoms with Crippen LogP contribution in [0.25, 0.3) is 11.6 Å². The van der Waals surface area contributed by atoms with E-state index in [1.165, 1.54) is 11.3 Å². The maximum atomic E-state index is 12.0. The average Bonchev–Trinajstić information content (AvgIpc) is 3.15. The Morgan fingerprint density at radius 1 is 1.48 bits per heavy atom. The highest BCUT2D eigenvalue weighted by molar-refractivity contribution is 7.18. The topological polar surface area (TPSA) is 74.0 Å². The van der Waals surface area contributed by atoms with Crippen molar-refractivity contribution < 1.29 is 9.59 Å². The highest BCUT2D eigenvalue weighted by atomic mass is 32.1. The lowest BCUT2D eigenvalue weighted by Gasteiger charge is -2.00. The third kappa shape index (κ3) is 2.62. The number of amides is 2. The molecule has 5 nitrogen and oxygen atoms in total. The van der Waals surface area contributed by atoms with Gasteiger partial charge in [-0.2, -0.15) is 0 Å². The quantitative estimate of drug-likeness (QED) is 0.760. The number of hydrogen-bond acceptors (Lipinski definition) is 3. The van der Waals surface area contributed by atoms with E-state index in [-0.39, 0.29) is 11.8 Å². The SMILES string of the molecule is CCCNC(=O)c1cc2c(s1)NC(=O)/C2=C\c1ccc[nH]1. The first kappa shape index (κ1) is 13.6. The van der Waals surface area contributed by atoms with Gasteiger partial charge < -0.3 is 15.6 Å². The standard InChI is InChI=1S/C15H15N3O2S/c1-2-5-17-14(20)12-8-11-10(7-9-4-3-6-16-9)13(19)18-15(11)21-12/h3-4,6-8,16H,2,5H2,1H3,(H,17,20)(H,18,19)/b10-7-. The lowest BCUT2D eigenvalue weighted by Crippen LogP contribution is -2.23. The molecule has 3 rings (SSSR count). The van der Waals surface area contributed by atoms with Crippen molar-refractivity contribution in [2.75, 3.05) is 11.9 Å². The van der Waals surface area contributed by atoms with Gasteiger partial charge in [-0.1, -0.05) is 6.92 Å². The molecule has 0 aromatic carbocycles. The Morgan fingerprint density at radius 2 is 2.33 bits per heavy atom. The van der Waals surface area contributed by atoms with Crippen molar-refractivity contribution >= 4 is 39.8 Å². The molecule has 0 saturated carbocycles. The van der Waals surface area contributed by atoms with Crippen molar-refractivity contribution in [3.63, 3.8) is 0 Å². The molecule has 0 radical (unpaired) electrons. The van der Waals surface area contributed by atoms with Gasteiger partial charge in [0.15, 0.2) is 0 Å². The zero-order chi connectivity index (χ0) is 14.8. The van der Waals surface area contributed by atoms with Gasteiger partial charge in [0, 0.05) is 24.0 Å². The predicted octanol–water partition coefficient (Wildman–Crippen LogP) is 2.71. The number of aromatic nitrogens is 1. The Bertz CT molecular complexity index is 713. The second kappa shape index (κ2) is 5.57. The summed E-state index contributed by atoms with van der Waals surface area (Å²) in [6.07, 6.45) is 4.49. The van der Waals surface area contributed by atoms with E-state index in [9.17, 15) is 9.59 Å². The van der Waals surface area contributed by atoms with Gasteiger partial charge in [0.05, 0.1) is 10.5 Å². The van der Waals surface area contributed by atoms with E-state index in [2.05, 4.69) is 15.6 Å². The van der Waals surface area contributed by atoms with E-state index in [1.807, 2.05) is 19.1 Å². The van der Waals surface area contributed by atoms with Gasteiger partial charge in [0.2, 0.25) is 0 Å². The average molecular weight is 301 g/mol. The molecule has 0 fully saturated rings. The van der Waals surface area contributed by atoms with Gasteiger partial charge in [-0.15, -0.1) is 11.3 Å². The number of hydrogen-bond donors (Lipinski definition) is 3. The van der Waals surface area contributed by atoms with Crippen LogP contribution in [0.2, 0.25) is 0 Å². The van der Waals surface area contributed by atoms with Crippen LogP contribution in [0.1, 0.15) is 34.3 Å². The fraction of sp³-hybridized carbons (Fsp3) is 0.200. The summed E-state index contributed by atoms with van der Waals surface area (Å²) in [5.74, 6) is -0.226. The zero-order valence-electron chi connectivity index (χ0n) is 11.5. The summed E-state index contributed by atoms with van der Waals surface area (Å²) in [7, 11) is 0. The van der Waals surface area contributed by atoms with Gasteiger partial charge in [0.25, 0.3) is 11.8 Å². The summed E-state index contributed by atoms with van der Waals surface area (Å²) in [6, 6.07) is 5.54. The summed E-state index contributed by atoms with van der Waals surface area (Å²) >= 11 is 1.31. The molecule has 0 bridgehead atoms. The second-order valence-corrected chi connectivity index (χ2v) is 5.80. The number of H-pyrrole nitrogens is 1. The second-order valence-electron chi connectivity index (χ2n) is 4.75. The Hall–Kier alpha value is -2.34. The molecule has 2 amide bonds. The van der Waals surface area contributed by atoms with Crippen LogP contribution in [-0.2, 0) is 4.79 Å². The first-order chi connectivity index (χ1) is 10.2. The van der Waals surface area contributed by atoms with Crippen molar-refractivity contribution in [3.05, 3.63) is 40.5 Å². The molecular weight excluding hydrogens is 286 g/mol. The van der Waals surface area contributed by atoms with Crippen LogP contribution in [0, 0.1) is 0 Å². The number of carbonyl (C=O) groups is 2. The van der Waals surface area contributed by atoms with Gasteiger partial charge in [-0.3, -0.25) is 9.59 Å². The Kier molecular flexibility index (Phi) is 3.62. The van der Waals surface area contributed by atoms with Crippen molar-refractivity contribution in [1.29, 1.82) is 0 Å². The van der Waals surface area contributed by atoms with E-state index >= 15 is 0 Å². The van der Waals surface area contributed by atoms with Crippen LogP contribution in [0.4, 0.5) is 5.00 Å². The van der Waals surface area contributed by atoms with Crippen molar-refractivity contribution in [2.24, 2.45) is 0 Å². The summed E-state index contributed by atoms with van der Waals surface area (Å²) < 4.78 is 0. The predicted molar refractivity (Wildman–Crippen MR) is 84.2 cm³/mol. The van der Waals surface area contributed by atoms with Crippen LogP contribution in [0.5, 0.6) is 0 Å². The molecule has 108 valence electrons. The van der Waals surface area contributed by atoms with E-state index in [0.29, 0.717) is 17.0 Å². The van der Waals surface area contributed by atoms with Crippen molar-refractivity contribution in [2.45, 2.75) is 13.3 Å². The number of fused-ring (bicyclic) bond motifs is 1. The summed E-state index contributed by atoms with van der Waals surface area (Å²) in [5.41, 5.74) is 2.23. The van der Waals surface area contributed by atoms with Gasteiger partial charge >= 0.3 is 0 Å². The lowest BCUT2D eigenvalue weighted by molar-refractivity contribution is -0.110. The smallest absolute Gasteiger partial charge is 0.261 e. The molecule has 21 heavy (non-hydrogen) atoms. The minimum Gasteiger partial charge on any atom is -0.362 e. The molecule has 2 aromatic rings. The van der Waals surface area contributed by atoms with E-state index in [4.69, 9.17) is 0 Å². The Labute approximate surface area is 126 Å². The third-order valence-corrected chi connectivity index (χ3v) is 4.22. The van der Waals surface area contributed by atoms with Crippen LogP contribution >= 0.6 is 11.3 Å². The number of thiophene rings is 1. The molecule has 0 atom stereocenters. The number of aromatic amines is 1. The first-order valence-corrected chi connectivity index (χ1v) is 7.59. The van der Waals surface area contributed by atoms with E-state index in [1.54, 1.807) is 18.3 Å². The number of carbonyl (C=O) groups excluding carboxylic acids is 2. The number of anilines is 1. The summed E-state index contributed by atoms with van der Waals surface area (Å²) in [5, 5.41) is 6.39. The van der Waals surface area contributed by atoms with Gasteiger partial charge in [0.1, 0.15) is 5.00 Å². The Morgan fingerprint density at radius 3 is 3.05 bits per heavy atom. The maximum Gasteiger partial charge on any atom is 0.261 e. The normalized spacial score (nSPS) is 15.1. The molecule has 0 unspecified atom stereocenters. The number of nitrogens with one attached hydrogen (secondary N) is 3. The molecule has 0 spiro atoms. The summed E-state index contributed by atoms with van der Waals surface area (Å²) in [4.78, 5) is 27.6. The molecule has 0 saturated heterocycles. The molecule has 0 aliphatic carbocycles. The zero-order valence-corrected chi connectivity index (χ0v) is 12.3. The highest BCUT2D eigenvalue weighted by Crippen LogP contribution is 2.39. The maximum absolute atomic E-state index is 12.0. The molecular formula is C15H15N3O2S. The summed E-state index contributed by atoms with van der Waals surface area (Å²) in [6.45, 7) is 2.66. The monoisotopic (exact) mass is 301 g/mol. The lowest BCUT2D eigenvalue weighted by atomic mass is 10.1. The minimum absolute atomic E-state index is 0.0928. The van der Waals surface area contributed by atoms with Crippen LogP contribution in [0.3, 0.4) is 0 Å². The molecule has 3 heterocycles. The molecule has 1 aliphatic heterocycles. The molecule has 1 aliphatic rings. The fourth-order valence-electron chi connectivity index (χ4n) is 2.15. The van der Waals surface area contributed by atoms with E-state index < -0.39 is 0 Å². The molecule has 2 aromatic heterocycles. The van der Waals surface area contributed by atoms with Gasteiger partial charge in [-0.05, 0) is 30.7 Å². The van der Waals surface area contributed by atoms with Crippen LogP contribution in [-0.4, -0.2) is 23.3 Å². The Balaban J connectivity index is 1.90. The van der Waals surface area contributed by atoms with Crippen molar-refractivity contribution in [3.8, 4) is 0 Å². The fourth-order valence-corrected chi connectivity index (χ4v) is 3.13. The van der Waals surface area contributed by atoms with Crippen LogP contribution in [0.15, 0.2) is 24.4 Å². The van der Waals surface area contributed by atoms with Gasteiger partial charge in [-0.25, -0.2) is 0 Å². The third-order valence-electron chi connectivity index (χ3n) is 3.18. The molecule has 3 N–H and O–H groups in total. The number of rotatable bonds is 4. The minimum atomic E-state index is -0.133. The molecule has 6 heteroatoms. The highest BCUT2D eigenvalue weighted by Gasteiger charge is 2.28. The van der Waals surface area contributed by atoms with Crippen LogP contribution < -0.4 is 10.6 Å².